The third-order valence-electron chi connectivity index (χ3n) is 2.63. The minimum Gasteiger partial charge on any atom is -0.342 e. The van der Waals surface area contributed by atoms with Crippen LogP contribution in [0.3, 0.4) is 0 Å². The minimum atomic E-state index is -4.67. The van der Waals surface area contributed by atoms with E-state index in [9.17, 15) is 0 Å². The van der Waals surface area contributed by atoms with E-state index in [2.05, 4.69) is 6.92 Å². The summed E-state index contributed by atoms with van der Waals surface area (Å²) in [6.45, 7) is 6.79. The number of hydrogen-bond donors (Lipinski definition) is 2. The Kier molecular flexibility index (Phi) is 17.0. The molecule has 0 aromatic heterocycles. The summed E-state index contributed by atoms with van der Waals surface area (Å²) in [5.41, 5.74) is 0. The molecule has 128 valence electrons. The average Bonchev–Trinajstić information content (AvgIpc) is 2.39. The van der Waals surface area contributed by atoms with Crippen molar-refractivity contribution in [2.24, 2.45) is 0 Å². The fourth-order valence-corrected chi connectivity index (χ4v) is 1.63. The van der Waals surface area contributed by atoms with Gasteiger partial charge in [-0.15, -0.1) is 0 Å². The Morgan fingerprint density at radius 3 is 1.90 bits per heavy atom. The lowest BCUT2D eigenvalue weighted by molar-refractivity contribution is -0.260. The smallest absolute Gasteiger partial charge is 0.342 e. The van der Waals surface area contributed by atoms with Crippen molar-refractivity contribution in [3.05, 3.63) is 11.8 Å². The van der Waals surface area contributed by atoms with Crippen LogP contribution in [0.4, 0.5) is 0 Å². The molecule has 0 saturated heterocycles. The van der Waals surface area contributed by atoms with Gasteiger partial charge in [0.15, 0.2) is 0 Å². The molecule has 6 nitrogen and oxygen atoms in total. The molecule has 0 unspecified atom stereocenters. The van der Waals surface area contributed by atoms with Crippen molar-refractivity contribution in [1.29, 1.82) is 0 Å². The first-order valence-electron chi connectivity index (χ1n) is 7.49. The van der Waals surface area contributed by atoms with Gasteiger partial charge in [-0.2, -0.15) is 13.3 Å². The molecule has 0 radical (unpaired) electrons. The monoisotopic (exact) mass is 326 g/mol. The van der Waals surface area contributed by atoms with Gasteiger partial charge in [0.1, 0.15) is 5.76 Å². The lowest BCUT2D eigenvalue weighted by Crippen LogP contribution is -1.94. The summed E-state index contributed by atoms with van der Waals surface area (Å²) in [4.78, 5) is 10.1. The highest BCUT2D eigenvalue weighted by atomic mass is 32.3. The van der Waals surface area contributed by atoms with E-state index in [1.165, 1.54) is 44.9 Å². The average molecular weight is 326 g/mol. The fraction of sp³-hybridized carbons (Fsp3) is 0.857. The molecular weight excluding hydrogens is 296 g/mol. The highest BCUT2D eigenvalue weighted by Crippen LogP contribution is 2.13. The number of unbranched alkanes of at least 4 members (excludes halogenated alkanes) is 6. The number of allylic oxidation sites excluding steroid dienone is 2. The zero-order valence-corrected chi connectivity index (χ0v) is 14.2. The van der Waals surface area contributed by atoms with Gasteiger partial charge in [-0.1, -0.05) is 45.4 Å². The molecule has 0 aliphatic rings. The Morgan fingerprint density at radius 2 is 1.48 bits per heavy atom. The molecule has 0 aliphatic carbocycles. The van der Waals surface area contributed by atoms with Crippen LogP contribution in [0.25, 0.3) is 0 Å². The lowest BCUT2D eigenvalue weighted by Gasteiger charge is -2.07. The van der Waals surface area contributed by atoms with Crippen LogP contribution >= 0.6 is 0 Å². The molecule has 0 aliphatic heterocycles. The summed E-state index contributed by atoms with van der Waals surface area (Å²) in [5, 5.41) is 0. The van der Waals surface area contributed by atoms with Crippen molar-refractivity contribution in [3.8, 4) is 0 Å². The molecule has 2 N–H and O–H groups in total. The third-order valence-corrected chi connectivity index (χ3v) is 2.63. The van der Waals surface area contributed by atoms with Crippen LogP contribution in [0, 0.1) is 0 Å². The van der Waals surface area contributed by atoms with Crippen molar-refractivity contribution in [3.63, 3.8) is 0 Å². The first-order valence-corrected chi connectivity index (χ1v) is 8.89. The summed E-state index contributed by atoms with van der Waals surface area (Å²) in [6, 6.07) is 0. The molecule has 7 heteroatoms. The Hall–Kier alpha value is -0.630. The van der Waals surface area contributed by atoms with Crippen molar-refractivity contribution < 1.29 is 27.3 Å². The van der Waals surface area contributed by atoms with Gasteiger partial charge >= 0.3 is 10.4 Å². The van der Waals surface area contributed by atoms with Crippen molar-refractivity contribution in [2.45, 2.75) is 72.1 Å². The van der Waals surface area contributed by atoms with Crippen molar-refractivity contribution >= 4 is 10.4 Å². The van der Waals surface area contributed by atoms with Crippen LogP contribution in [0.1, 0.15) is 72.1 Å². The first kappa shape index (κ1) is 22.6. The maximum absolute atomic E-state index is 8.74. The van der Waals surface area contributed by atoms with Gasteiger partial charge in [-0.3, -0.25) is 9.11 Å². The molecule has 0 bridgehead atoms. The molecule has 0 aromatic carbocycles. The maximum atomic E-state index is 8.74. The van der Waals surface area contributed by atoms with Crippen molar-refractivity contribution in [2.75, 3.05) is 6.61 Å². The fourth-order valence-electron chi connectivity index (χ4n) is 1.63. The third kappa shape index (κ3) is 28.3. The Labute approximate surface area is 129 Å². The minimum absolute atomic E-state index is 0.606. The second-order valence-electron chi connectivity index (χ2n) is 4.56. The molecule has 21 heavy (non-hydrogen) atoms. The predicted octanol–water partition coefficient (Wildman–Crippen LogP) is 4.35. The molecule has 0 rings (SSSR count). The normalized spacial score (nSPS) is 11.8. The second kappa shape index (κ2) is 15.8. The van der Waals surface area contributed by atoms with E-state index in [0.717, 1.165) is 12.2 Å². The predicted molar refractivity (Wildman–Crippen MR) is 83.3 cm³/mol. The first-order chi connectivity index (χ1) is 9.85. The van der Waals surface area contributed by atoms with E-state index in [1.807, 2.05) is 19.9 Å². The zero-order chi connectivity index (χ0) is 16.6. The Balaban J connectivity index is 0. The molecule has 0 aromatic rings. The highest BCUT2D eigenvalue weighted by molar-refractivity contribution is 7.79. The molecule has 0 amide bonds. The largest absolute Gasteiger partial charge is 0.394 e. The summed E-state index contributed by atoms with van der Waals surface area (Å²) >= 11 is 0. The van der Waals surface area contributed by atoms with Gasteiger partial charge in [0.25, 0.3) is 0 Å². The van der Waals surface area contributed by atoms with Gasteiger partial charge in [0.05, 0.1) is 6.61 Å². The number of hydrogen-bond acceptors (Lipinski definition) is 4. The zero-order valence-electron chi connectivity index (χ0n) is 13.4. The van der Waals surface area contributed by atoms with E-state index in [4.69, 9.17) is 27.3 Å². The highest BCUT2D eigenvalue weighted by Gasteiger charge is 1.98. The van der Waals surface area contributed by atoms with Crippen LogP contribution in [-0.4, -0.2) is 24.1 Å². The molecule has 0 fully saturated rings. The number of rotatable bonds is 11. The molecule has 0 atom stereocenters. The Bertz CT molecular complexity index is 329. The van der Waals surface area contributed by atoms with E-state index in [1.54, 1.807) is 0 Å². The van der Waals surface area contributed by atoms with Crippen LogP contribution < -0.4 is 0 Å². The molecule has 0 heterocycles. The summed E-state index contributed by atoms with van der Waals surface area (Å²) in [7, 11) is -4.67. The molecular formula is C14H30O6S. The van der Waals surface area contributed by atoms with Crippen LogP contribution in [0.5, 0.6) is 0 Å². The van der Waals surface area contributed by atoms with Crippen LogP contribution in [-0.2, 0) is 20.2 Å². The van der Waals surface area contributed by atoms with Gasteiger partial charge in [0.2, 0.25) is 0 Å². The van der Waals surface area contributed by atoms with E-state index in [0.29, 0.717) is 6.61 Å². The van der Waals surface area contributed by atoms with Gasteiger partial charge in [0, 0.05) is 6.42 Å². The van der Waals surface area contributed by atoms with E-state index in [-0.39, 0.29) is 0 Å². The second-order valence-corrected chi connectivity index (χ2v) is 5.46. The summed E-state index contributed by atoms with van der Waals surface area (Å²) in [6.07, 6.45) is 12.3. The Morgan fingerprint density at radius 1 is 1.00 bits per heavy atom. The topological polar surface area (TPSA) is 93.1 Å². The molecule has 0 spiro atoms. The summed E-state index contributed by atoms with van der Waals surface area (Å²) < 4.78 is 31.6. The van der Waals surface area contributed by atoms with Crippen LogP contribution in [0.2, 0.25) is 0 Å². The van der Waals surface area contributed by atoms with Gasteiger partial charge in [-0.05, 0) is 26.3 Å². The van der Waals surface area contributed by atoms with Gasteiger partial charge in [-0.25, -0.2) is 0 Å². The summed E-state index contributed by atoms with van der Waals surface area (Å²) in [5.74, 6) is 0.968. The maximum Gasteiger partial charge on any atom is 0.394 e. The van der Waals surface area contributed by atoms with E-state index >= 15 is 0 Å². The van der Waals surface area contributed by atoms with Gasteiger partial charge < -0.3 is 4.89 Å². The SMILES string of the molecule is CC=C(CCCCCCCCC)OOCC.O=S(=O)(O)O. The lowest BCUT2D eigenvalue weighted by atomic mass is 10.1. The van der Waals surface area contributed by atoms with E-state index < -0.39 is 10.4 Å². The standard InChI is InChI=1S/C14H28O2.H2O4S/c1-4-7-8-9-10-11-12-13-14(5-2)16-15-6-3;1-5(2,3)4/h5H,4,6-13H2,1-3H3;(H2,1,2,3,4). The molecule has 0 saturated carbocycles. The van der Waals surface area contributed by atoms with Crippen LogP contribution in [0.15, 0.2) is 11.8 Å². The van der Waals surface area contributed by atoms with Crippen molar-refractivity contribution in [1.82, 2.24) is 0 Å². The quantitative estimate of drug-likeness (QED) is 0.193.